The summed E-state index contributed by atoms with van der Waals surface area (Å²) in [6, 6.07) is 16.5. The van der Waals surface area contributed by atoms with Crippen LogP contribution in [0.4, 0.5) is 22.0 Å². The van der Waals surface area contributed by atoms with Gasteiger partial charge in [-0.05, 0) is 179 Å². The highest BCUT2D eigenvalue weighted by molar-refractivity contribution is 8.13. The number of aromatic hydroxyl groups is 1. The average molecular weight is 1560 g/mol. The van der Waals surface area contributed by atoms with Crippen molar-refractivity contribution in [1.82, 2.24) is 0 Å². The molecule has 25 heteroatoms. The molecule has 0 fully saturated rings. The zero-order valence-electron chi connectivity index (χ0n) is 59.6. The van der Waals surface area contributed by atoms with Crippen molar-refractivity contribution in [3.63, 3.8) is 0 Å². The molecule has 0 unspecified atom stereocenters. The van der Waals surface area contributed by atoms with Crippen LogP contribution in [0.3, 0.4) is 0 Å². The topological polar surface area (TPSA) is 206 Å². The van der Waals surface area contributed by atoms with Crippen molar-refractivity contribution < 1.29 is 79.5 Å². The molecule has 0 amide bonds. The van der Waals surface area contributed by atoms with Crippen molar-refractivity contribution in [2.45, 2.75) is 87.5 Å². The van der Waals surface area contributed by atoms with Gasteiger partial charge in [0.25, 0.3) is 0 Å². The Morgan fingerprint density at radius 1 is 0.430 bits per heavy atom. The number of rotatable bonds is 17. The molecule has 0 saturated carbocycles. The van der Waals surface area contributed by atoms with Gasteiger partial charge in [-0.3, -0.25) is 33.8 Å². The molecule has 6 aromatic rings. The van der Waals surface area contributed by atoms with Crippen LogP contribution in [-0.2, 0) is 0 Å². The number of benzene rings is 6. The predicted octanol–water partition coefficient (Wildman–Crippen LogP) is 21.2. The summed E-state index contributed by atoms with van der Waals surface area (Å²) in [4.78, 5) is 77.2. The Bertz CT molecular complexity index is 4850. The minimum absolute atomic E-state index is 0. The van der Waals surface area contributed by atoms with Gasteiger partial charge in [-0.1, -0.05) is 96.4 Å². The van der Waals surface area contributed by atoms with Crippen molar-refractivity contribution in [1.29, 1.82) is 0 Å². The highest BCUT2D eigenvalue weighted by Crippen LogP contribution is 2.38. The van der Waals surface area contributed by atoms with Crippen molar-refractivity contribution in [3.05, 3.63) is 278 Å². The smallest absolute Gasteiger partial charge is 0.213 e. The molecule has 15 nitrogen and oxygen atoms in total. The van der Waals surface area contributed by atoms with Gasteiger partial charge in [0.05, 0.1) is 74.0 Å². The number of carbonyl (C=O) groups is 6. The zero-order chi connectivity index (χ0) is 78.0. The van der Waals surface area contributed by atoms with Crippen LogP contribution >= 0.6 is 58.2 Å². The summed E-state index contributed by atoms with van der Waals surface area (Å²) in [6.07, 6.45) is 22.7. The molecular weight excluding hydrogens is 1490 g/mol. The Morgan fingerprint density at radius 2 is 0.813 bits per heavy atom. The second-order valence-electron chi connectivity index (χ2n) is 24.0. The van der Waals surface area contributed by atoms with E-state index in [4.69, 9.17) is 70.1 Å². The number of ether oxygens (including phenoxy) is 5. The van der Waals surface area contributed by atoms with Gasteiger partial charge in [-0.15, -0.1) is 16.9 Å². The average Bonchev–Trinajstić information content (AvgIpc) is 1.80. The lowest BCUT2D eigenvalue weighted by Crippen LogP contribution is -2.16. The third-order valence-corrected chi connectivity index (χ3v) is 18.3. The van der Waals surface area contributed by atoms with E-state index in [-0.39, 0.29) is 88.6 Å². The van der Waals surface area contributed by atoms with Gasteiger partial charge in [0, 0.05) is 81.0 Å². The quantitative estimate of drug-likeness (QED) is 0.0667. The summed E-state index contributed by atoms with van der Waals surface area (Å²) in [6.45, 7) is 10.3. The van der Waals surface area contributed by atoms with Gasteiger partial charge >= 0.3 is 0 Å². The molecule has 6 aromatic carbocycles. The fourth-order valence-electron chi connectivity index (χ4n) is 11.4. The summed E-state index contributed by atoms with van der Waals surface area (Å²) in [5, 5.41) is 20.1. The van der Waals surface area contributed by atoms with E-state index in [2.05, 4.69) is 15.2 Å². The molecule has 2 heterocycles. The van der Waals surface area contributed by atoms with E-state index in [1.54, 1.807) is 72.2 Å². The first kappa shape index (κ1) is 85.9. The number of phenolic OH excluding ortho intramolecular Hbond substituents is 1. The highest BCUT2D eigenvalue weighted by atomic mass is 35.5. The number of methoxy groups -OCH3 is 5. The Kier molecular flexibility index (Phi) is 31.7. The van der Waals surface area contributed by atoms with Crippen LogP contribution in [0.2, 0.25) is 10.0 Å². The number of carbonyl (C=O) groups excluding carboxylic acids is 6. The van der Waals surface area contributed by atoms with Crippen LogP contribution in [0, 0.1) is 64.8 Å². The minimum atomic E-state index is -0.510. The van der Waals surface area contributed by atoms with Gasteiger partial charge in [0.15, 0.2) is 28.9 Å². The Labute approximate surface area is 641 Å². The number of thioether (sulfide) groups is 1. The van der Waals surface area contributed by atoms with Gasteiger partial charge in [0.1, 0.15) is 74.3 Å². The maximum Gasteiger partial charge on any atom is 0.213 e. The lowest BCUT2D eigenvalue weighted by atomic mass is 9.99. The molecule has 12 rings (SSSR count). The number of nitrogens with zero attached hydrogens (tertiary/aromatic N) is 3. The van der Waals surface area contributed by atoms with Gasteiger partial charge in [-0.25, -0.2) is 22.0 Å². The first-order valence-electron chi connectivity index (χ1n) is 32.3. The van der Waals surface area contributed by atoms with Crippen LogP contribution in [-0.4, -0.2) is 98.6 Å². The normalized spacial score (nSPS) is 14.0. The molecule has 4 aliphatic carbocycles. The molecule has 6 aliphatic rings. The van der Waals surface area contributed by atoms with Crippen LogP contribution in [0.5, 0.6) is 34.5 Å². The molecule has 2 aliphatic heterocycles. The number of halogens is 9. The third kappa shape index (κ3) is 21.8. The van der Waals surface area contributed by atoms with Crippen LogP contribution in [0.1, 0.15) is 141 Å². The molecule has 0 radical (unpaired) electrons. The number of aliphatic imine (C=N–C) groups is 1. The lowest BCUT2D eigenvalue weighted by Gasteiger charge is -2.11. The third-order valence-electron chi connectivity index (χ3n) is 16.4. The lowest BCUT2D eigenvalue weighted by molar-refractivity contribution is 0.102. The summed E-state index contributed by atoms with van der Waals surface area (Å²) in [5.41, 5.74) is 8.37. The van der Waals surface area contributed by atoms with E-state index in [9.17, 15) is 55.8 Å². The van der Waals surface area contributed by atoms with E-state index >= 15 is 0 Å². The zero-order valence-corrected chi connectivity index (χ0v) is 63.5. The number of aryl methyl sites for hydroxylation is 6. The van der Waals surface area contributed by atoms with Gasteiger partial charge in [0.2, 0.25) is 5.78 Å². The summed E-state index contributed by atoms with van der Waals surface area (Å²) >= 11 is 25.0. The Hall–Kier alpha value is -10.0. The molecule has 1 N–H and O–H groups in total. The fraction of sp³-hybridized carbons (Fsp3) is 0.232. The van der Waals surface area contributed by atoms with Gasteiger partial charge < -0.3 is 28.8 Å². The Balaban J connectivity index is 0.000000201. The van der Waals surface area contributed by atoms with Crippen LogP contribution in [0.25, 0.3) is 0 Å². The molecule has 0 atom stereocenters. The first-order chi connectivity index (χ1) is 50.4. The summed E-state index contributed by atoms with van der Waals surface area (Å²) in [7, 11) is 7.35. The van der Waals surface area contributed by atoms with E-state index in [1.165, 1.54) is 107 Å². The van der Waals surface area contributed by atoms with Crippen LogP contribution < -0.4 is 23.7 Å². The summed E-state index contributed by atoms with van der Waals surface area (Å²) in [5.74, 6) is -1.63. The largest absolute Gasteiger partial charge is 0.507 e. The number of ketones is 6. The van der Waals surface area contributed by atoms with E-state index in [0.717, 1.165) is 28.3 Å². The van der Waals surface area contributed by atoms with Crippen molar-refractivity contribution in [2.75, 3.05) is 41.8 Å². The minimum Gasteiger partial charge on any atom is -0.507 e. The molecule has 107 heavy (non-hydrogen) atoms. The SMILES string of the molecule is C.COc1c(C)cc(Cl)cc1C(=O)C1=CC=CC1.COc1c(C)cc(F)cc1C(=O)C1=CC(Cl)=C(Cl)C1.COc1c(C)cc(F)cc1C(=O)C1=CC=C(F)C1.COc1c(C)cc(F)cc1C(=O)C1=CN=CC1.COc1c(C)cc(F)cc1C(=O)C1=NN=C(SC)C1.Cc1cc(Cl)cc(C(=O)C2=CC=CC2)c1O. The molecule has 0 spiro atoms. The number of phenols is 1. The van der Waals surface area contributed by atoms with Crippen molar-refractivity contribution in [3.8, 4) is 34.5 Å². The van der Waals surface area contributed by atoms with Crippen molar-refractivity contribution in [2.24, 2.45) is 15.2 Å². The van der Waals surface area contributed by atoms with E-state index < -0.39 is 29.1 Å². The molecule has 0 bridgehead atoms. The van der Waals surface area contributed by atoms with Crippen LogP contribution in [0.15, 0.2) is 193 Å². The first-order valence-corrected chi connectivity index (χ1v) is 35.0. The molecule has 560 valence electrons. The monoisotopic (exact) mass is 1560 g/mol. The maximum absolute atomic E-state index is 13.5. The fourth-order valence-corrected chi connectivity index (χ4v) is 12.7. The number of hydrogen-bond donors (Lipinski definition) is 1. The van der Waals surface area contributed by atoms with Gasteiger partial charge in [-0.2, -0.15) is 5.10 Å². The molecule has 0 aromatic heterocycles. The number of allylic oxidation sites excluding steroid dienone is 17. The number of hydrogen-bond acceptors (Lipinski definition) is 16. The van der Waals surface area contributed by atoms with E-state index in [0.29, 0.717) is 136 Å². The second-order valence-corrected chi connectivity index (χ2v) is 26.6. The highest BCUT2D eigenvalue weighted by Gasteiger charge is 2.29. The summed E-state index contributed by atoms with van der Waals surface area (Å²) < 4.78 is 92.4. The predicted molar refractivity (Wildman–Crippen MR) is 415 cm³/mol. The van der Waals surface area contributed by atoms with Crippen molar-refractivity contribution >= 4 is 110 Å². The molecule has 0 saturated heterocycles. The maximum atomic E-state index is 13.5. The standard InChI is InChI=1S/C14H11Cl2FO2.C14H13ClO2.C14H12F2O2.C13H11ClO2.C13H13FN2O2S.C13H12FNO2.CH4/c1-7-3-9(17)6-10(14(7)19-2)13(18)8-4-11(15)12(16)5-8;1-9-7-11(15)8-12(14(9)17-2)13(16)10-5-3-4-6-10;1-8-5-11(16)7-12(14(8)18-2)13(17)9-3-4-10(15)6-9;1-8-6-10(14)7-11(12(8)15)13(16)9-4-2-3-5-9;1-7-4-8(14)5-9(13(7)18-2)12(17)10-6-11(19-3)16-15-10;1-8-5-10(14)6-11(13(8)17-2)12(16)9-3-4-15-7-9;/h3-4,6H,5H2,1-2H3;3-5,7-8H,6H2,1-2H3;3-5,7H,6H2,1-2H3;2-4,6-7,15H,5H2,1H3;4-5H,6H2,1-3H3;4-7H,3H2,1-2H3;1H4. The molecular formula is C82H76Cl4F5N3O12S. The Morgan fingerprint density at radius 3 is 1.18 bits per heavy atom. The second kappa shape index (κ2) is 39.5. The number of Topliss-reactive ketones (excluding diaryl/α,β-unsaturated/α-hetero) is 6. The van der Waals surface area contributed by atoms with E-state index in [1.807, 2.05) is 43.6 Å².